The van der Waals surface area contributed by atoms with Gasteiger partial charge in [-0.3, -0.25) is 4.79 Å². The second kappa shape index (κ2) is 7.80. The molecule has 26 heavy (non-hydrogen) atoms. The molecular weight excluding hydrogens is 370 g/mol. The zero-order chi connectivity index (χ0) is 18.7. The Bertz CT molecular complexity index is 925. The van der Waals surface area contributed by atoms with Crippen LogP contribution in [0, 0.1) is 0 Å². The van der Waals surface area contributed by atoms with Crippen LogP contribution in [-0.4, -0.2) is 30.3 Å². The summed E-state index contributed by atoms with van der Waals surface area (Å²) < 4.78 is 10.7. The number of ether oxygens (including phenoxy) is 2. The predicted molar refractivity (Wildman–Crippen MR) is 105 cm³/mol. The fourth-order valence-electron chi connectivity index (χ4n) is 2.52. The first-order chi connectivity index (χ1) is 12.5. The summed E-state index contributed by atoms with van der Waals surface area (Å²) in [6, 6.07) is 15.2. The van der Waals surface area contributed by atoms with Gasteiger partial charge in [-0.15, -0.1) is 11.3 Å². The Morgan fingerprint density at radius 3 is 2.38 bits per heavy atom. The van der Waals surface area contributed by atoms with Crippen LogP contribution in [0.25, 0.3) is 21.7 Å². The zero-order valence-corrected chi connectivity index (χ0v) is 15.9. The molecule has 1 unspecified atom stereocenters. The summed E-state index contributed by atoms with van der Waals surface area (Å²) in [6.45, 7) is 0. The van der Waals surface area contributed by atoms with Gasteiger partial charge in [0, 0.05) is 5.56 Å². The molecule has 1 atom stereocenters. The molecule has 0 aliphatic carbocycles. The Labute approximate surface area is 160 Å². The minimum Gasteiger partial charge on any atom is -0.493 e. The summed E-state index contributed by atoms with van der Waals surface area (Å²) in [7, 11) is 3.15. The molecule has 2 aromatic carbocycles. The molecule has 134 valence electrons. The fourth-order valence-corrected chi connectivity index (χ4v) is 3.80. The van der Waals surface area contributed by atoms with Crippen molar-refractivity contribution < 1.29 is 19.4 Å². The predicted octanol–water partition coefficient (Wildman–Crippen LogP) is 4.55. The minimum absolute atomic E-state index is 0.435. The third kappa shape index (κ3) is 3.54. The Morgan fingerprint density at radius 1 is 1.08 bits per heavy atom. The number of carbonyl (C=O) groups is 1. The highest BCUT2D eigenvalue weighted by Gasteiger charge is 2.23. The molecule has 7 heteroatoms. The van der Waals surface area contributed by atoms with E-state index >= 15 is 0 Å². The highest BCUT2D eigenvalue weighted by Crippen LogP contribution is 2.42. The van der Waals surface area contributed by atoms with Gasteiger partial charge in [-0.05, 0) is 23.8 Å². The first-order valence-corrected chi connectivity index (χ1v) is 9.08. The van der Waals surface area contributed by atoms with Crippen molar-refractivity contribution >= 4 is 29.9 Å². The molecule has 0 aliphatic heterocycles. The van der Waals surface area contributed by atoms with E-state index < -0.39 is 11.2 Å². The van der Waals surface area contributed by atoms with E-state index in [1.165, 1.54) is 11.3 Å². The number of nitrogens with zero attached hydrogens (tertiary/aromatic N) is 1. The smallest absolute Gasteiger partial charge is 0.323 e. The number of methoxy groups -OCH3 is 2. The van der Waals surface area contributed by atoms with Gasteiger partial charge >= 0.3 is 5.97 Å². The first-order valence-electron chi connectivity index (χ1n) is 7.74. The van der Waals surface area contributed by atoms with Crippen molar-refractivity contribution in [3.63, 3.8) is 0 Å². The molecule has 1 N–H and O–H groups in total. The van der Waals surface area contributed by atoms with E-state index in [-0.39, 0.29) is 0 Å². The number of rotatable bonds is 6. The third-order valence-corrected chi connectivity index (χ3v) is 5.61. The maximum absolute atomic E-state index is 11.3. The lowest BCUT2D eigenvalue weighted by molar-refractivity contribution is -0.136. The minimum atomic E-state index is -1.03. The second-order valence-corrected chi connectivity index (χ2v) is 6.95. The van der Waals surface area contributed by atoms with E-state index in [1.54, 1.807) is 14.2 Å². The average Bonchev–Trinajstić information content (AvgIpc) is 3.12. The maximum atomic E-state index is 11.3. The highest BCUT2D eigenvalue weighted by atomic mass is 32.1. The van der Waals surface area contributed by atoms with Gasteiger partial charge in [0.15, 0.2) is 16.7 Å². The summed E-state index contributed by atoms with van der Waals surface area (Å²) in [5.74, 6) is 0.194. The van der Waals surface area contributed by atoms with E-state index in [2.05, 4.69) is 17.6 Å². The number of benzene rings is 2. The van der Waals surface area contributed by atoms with Crippen molar-refractivity contribution in [1.82, 2.24) is 4.98 Å². The number of hydrogen-bond acceptors (Lipinski definition) is 6. The van der Waals surface area contributed by atoms with Crippen molar-refractivity contribution in [1.29, 1.82) is 0 Å². The fraction of sp³-hybridized carbons (Fsp3) is 0.158. The Balaban J connectivity index is 2.18. The average molecular weight is 387 g/mol. The molecule has 0 spiro atoms. The van der Waals surface area contributed by atoms with Crippen LogP contribution >= 0.6 is 24.0 Å². The Morgan fingerprint density at radius 2 is 1.77 bits per heavy atom. The van der Waals surface area contributed by atoms with Crippen LogP contribution in [0.5, 0.6) is 11.5 Å². The molecular formula is C19H17NO4S2. The first kappa shape index (κ1) is 18.3. The standard InChI is InChI=1S/C19H17NO4S2/c1-23-13-9-8-12(10-14(13)24-2)17-15(11-6-4-3-5-7-11)20-18(26-17)16(25)19(21)22/h3-10,16,25H,1-2H3,(H,21,22). The van der Waals surface area contributed by atoms with Crippen molar-refractivity contribution in [2.75, 3.05) is 14.2 Å². The number of carboxylic acid groups (broad SMARTS) is 1. The molecule has 0 aliphatic rings. The number of thiol groups is 1. The molecule has 0 bridgehead atoms. The lowest BCUT2D eigenvalue weighted by Crippen LogP contribution is -2.04. The van der Waals surface area contributed by atoms with E-state index in [0.717, 1.165) is 21.7 Å². The van der Waals surface area contributed by atoms with E-state index in [4.69, 9.17) is 9.47 Å². The van der Waals surface area contributed by atoms with E-state index in [0.29, 0.717) is 16.5 Å². The van der Waals surface area contributed by atoms with Gasteiger partial charge < -0.3 is 14.6 Å². The van der Waals surface area contributed by atoms with Crippen molar-refractivity contribution in [3.8, 4) is 33.2 Å². The van der Waals surface area contributed by atoms with Crippen LogP contribution in [0.15, 0.2) is 48.5 Å². The van der Waals surface area contributed by atoms with Crippen molar-refractivity contribution in [2.24, 2.45) is 0 Å². The number of thiazole rings is 1. The van der Waals surface area contributed by atoms with Gasteiger partial charge in [0.25, 0.3) is 0 Å². The largest absolute Gasteiger partial charge is 0.493 e. The topological polar surface area (TPSA) is 68.7 Å². The summed E-state index contributed by atoms with van der Waals surface area (Å²) in [5.41, 5.74) is 2.50. The van der Waals surface area contributed by atoms with Gasteiger partial charge in [0.05, 0.1) is 24.8 Å². The molecule has 1 heterocycles. The zero-order valence-electron chi connectivity index (χ0n) is 14.2. The number of aromatic nitrogens is 1. The highest BCUT2D eigenvalue weighted by molar-refractivity contribution is 7.81. The van der Waals surface area contributed by atoms with Gasteiger partial charge in [0.1, 0.15) is 5.01 Å². The maximum Gasteiger partial charge on any atom is 0.323 e. The molecule has 0 radical (unpaired) electrons. The molecule has 0 amide bonds. The summed E-state index contributed by atoms with van der Waals surface area (Å²) in [4.78, 5) is 16.8. The van der Waals surface area contributed by atoms with Crippen LogP contribution in [0.1, 0.15) is 10.3 Å². The number of carboxylic acids is 1. The van der Waals surface area contributed by atoms with Gasteiger partial charge in [-0.25, -0.2) is 4.98 Å². The molecule has 1 aromatic heterocycles. The van der Waals surface area contributed by atoms with E-state index in [9.17, 15) is 9.90 Å². The Kier molecular flexibility index (Phi) is 5.49. The SMILES string of the molecule is COc1ccc(-c2sc(C(S)C(=O)O)nc2-c2ccccc2)cc1OC. The van der Waals surface area contributed by atoms with Gasteiger partial charge in [0.2, 0.25) is 0 Å². The molecule has 3 aromatic rings. The monoisotopic (exact) mass is 387 g/mol. The number of hydrogen-bond donors (Lipinski definition) is 2. The second-order valence-electron chi connectivity index (χ2n) is 5.41. The van der Waals surface area contributed by atoms with Crippen LogP contribution in [0.3, 0.4) is 0 Å². The summed E-state index contributed by atoms with van der Waals surface area (Å²) in [6.07, 6.45) is 0. The molecule has 3 rings (SSSR count). The molecule has 0 fully saturated rings. The summed E-state index contributed by atoms with van der Waals surface area (Å²) in [5, 5.41) is 8.74. The van der Waals surface area contributed by atoms with Crippen LogP contribution in [0.2, 0.25) is 0 Å². The van der Waals surface area contributed by atoms with Crippen molar-refractivity contribution in [2.45, 2.75) is 5.25 Å². The summed E-state index contributed by atoms with van der Waals surface area (Å²) >= 11 is 5.49. The molecule has 5 nitrogen and oxygen atoms in total. The van der Waals surface area contributed by atoms with Gasteiger partial charge in [-0.2, -0.15) is 12.6 Å². The third-order valence-electron chi connectivity index (χ3n) is 3.80. The van der Waals surface area contributed by atoms with E-state index in [1.807, 2.05) is 48.5 Å². The number of aliphatic carboxylic acids is 1. The lowest BCUT2D eigenvalue weighted by atomic mass is 10.1. The Hall–Kier alpha value is -2.51. The van der Waals surface area contributed by atoms with Crippen LogP contribution < -0.4 is 9.47 Å². The van der Waals surface area contributed by atoms with Crippen molar-refractivity contribution in [3.05, 3.63) is 53.5 Å². The molecule has 0 saturated heterocycles. The van der Waals surface area contributed by atoms with Gasteiger partial charge in [-0.1, -0.05) is 30.3 Å². The quantitative estimate of drug-likeness (QED) is 0.607. The molecule has 0 saturated carbocycles. The normalized spacial score (nSPS) is 11.8. The van der Waals surface area contributed by atoms with Crippen LogP contribution in [-0.2, 0) is 4.79 Å². The van der Waals surface area contributed by atoms with Crippen LogP contribution in [0.4, 0.5) is 0 Å². The lowest BCUT2D eigenvalue weighted by Gasteiger charge is -2.09.